The molecule has 0 aliphatic heterocycles. The number of benzene rings is 1. The van der Waals surface area contributed by atoms with Crippen molar-refractivity contribution < 1.29 is 13.2 Å². The number of halogens is 3. The third kappa shape index (κ3) is 2.15. The van der Waals surface area contributed by atoms with E-state index in [0.717, 1.165) is 6.92 Å². The number of rotatable bonds is 2. The Morgan fingerprint density at radius 3 is 2.29 bits per heavy atom. The highest BCUT2D eigenvalue weighted by molar-refractivity contribution is 5.58. The van der Waals surface area contributed by atoms with Gasteiger partial charge in [0, 0.05) is 11.3 Å². The molecule has 1 aromatic carbocycles. The Bertz CT molecular complexity index is 710. The first-order valence-corrected chi connectivity index (χ1v) is 6.04. The van der Waals surface area contributed by atoms with E-state index >= 15 is 0 Å². The number of para-hydroxylation sites is 1. The molecule has 6 heteroatoms. The Hall–Kier alpha value is -2.73. The standard InChI is InChI=1S/C15H10F3N3/c1-9-12(16)11(7-19)15(8-20,14(18)13(9)17)21-10-5-3-2-4-6-10/h2-6,11,21H,1H3. The first kappa shape index (κ1) is 14.7. The Morgan fingerprint density at radius 1 is 1.14 bits per heavy atom. The molecule has 2 atom stereocenters. The predicted molar refractivity (Wildman–Crippen MR) is 70.6 cm³/mol. The molecule has 0 fully saturated rings. The van der Waals surface area contributed by atoms with Crippen LogP contribution in [0.4, 0.5) is 18.9 Å². The monoisotopic (exact) mass is 289 g/mol. The smallest absolute Gasteiger partial charge is 0.202 e. The quantitative estimate of drug-likeness (QED) is 0.898. The van der Waals surface area contributed by atoms with Crippen molar-refractivity contribution in [2.24, 2.45) is 5.92 Å². The number of hydrogen-bond acceptors (Lipinski definition) is 3. The van der Waals surface area contributed by atoms with Crippen LogP contribution in [0.1, 0.15) is 6.92 Å². The summed E-state index contributed by atoms with van der Waals surface area (Å²) in [5.41, 5.74) is -2.75. The molecule has 106 valence electrons. The lowest BCUT2D eigenvalue weighted by Crippen LogP contribution is -2.47. The average molecular weight is 289 g/mol. The van der Waals surface area contributed by atoms with Crippen LogP contribution < -0.4 is 5.32 Å². The van der Waals surface area contributed by atoms with Gasteiger partial charge in [-0.3, -0.25) is 0 Å². The molecule has 0 saturated carbocycles. The van der Waals surface area contributed by atoms with Crippen molar-refractivity contribution in [3.63, 3.8) is 0 Å². The topological polar surface area (TPSA) is 59.6 Å². The summed E-state index contributed by atoms with van der Waals surface area (Å²) < 4.78 is 42.2. The van der Waals surface area contributed by atoms with Gasteiger partial charge in [-0.1, -0.05) is 18.2 Å². The number of hydrogen-bond donors (Lipinski definition) is 1. The molecule has 3 nitrogen and oxygen atoms in total. The molecular weight excluding hydrogens is 279 g/mol. The molecule has 1 aliphatic carbocycles. The Labute approximate surface area is 119 Å². The Balaban J connectivity index is 2.61. The first-order valence-electron chi connectivity index (χ1n) is 6.04. The van der Waals surface area contributed by atoms with E-state index < -0.39 is 34.5 Å². The number of anilines is 1. The highest BCUT2D eigenvalue weighted by Crippen LogP contribution is 2.44. The summed E-state index contributed by atoms with van der Waals surface area (Å²) in [6.07, 6.45) is 0. The van der Waals surface area contributed by atoms with E-state index in [1.165, 1.54) is 24.3 Å². The van der Waals surface area contributed by atoms with E-state index in [-0.39, 0.29) is 5.69 Å². The van der Waals surface area contributed by atoms with Gasteiger partial charge in [0.15, 0.2) is 11.7 Å². The summed E-state index contributed by atoms with van der Waals surface area (Å²) in [4.78, 5) is 0. The molecule has 0 saturated heterocycles. The van der Waals surface area contributed by atoms with Crippen LogP contribution in [0.25, 0.3) is 0 Å². The van der Waals surface area contributed by atoms with Crippen LogP contribution in [0.3, 0.4) is 0 Å². The molecule has 0 radical (unpaired) electrons. The predicted octanol–water partition coefficient (Wildman–Crippen LogP) is 3.91. The van der Waals surface area contributed by atoms with E-state index in [4.69, 9.17) is 5.26 Å². The summed E-state index contributed by atoms with van der Waals surface area (Å²) in [6.45, 7) is 1.03. The summed E-state index contributed by atoms with van der Waals surface area (Å²) in [6, 6.07) is 11.0. The van der Waals surface area contributed by atoms with E-state index in [1.54, 1.807) is 18.2 Å². The summed E-state index contributed by atoms with van der Waals surface area (Å²) >= 11 is 0. The second-order valence-electron chi connectivity index (χ2n) is 4.57. The molecule has 0 bridgehead atoms. The maximum Gasteiger partial charge on any atom is 0.202 e. The molecule has 1 aliphatic rings. The molecule has 0 amide bonds. The normalized spacial score (nSPS) is 25.3. The van der Waals surface area contributed by atoms with Crippen LogP contribution in [0.15, 0.2) is 53.4 Å². The minimum Gasteiger partial charge on any atom is -0.360 e. The zero-order valence-electron chi connectivity index (χ0n) is 11.0. The molecular formula is C15H10F3N3. The minimum absolute atomic E-state index is 0.273. The zero-order valence-corrected chi connectivity index (χ0v) is 11.0. The maximum atomic E-state index is 14.3. The molecule has 0 aromatic heterocycles. The SMILES string of the molecule is CC1=C(F)C(C#N)C(C#N)(Nc2ccccc2)C(F)=C1F. The van der Waals surface area contributed by atoms with Crippen LogP contribution in [0.5, 0.6) is 0 Å². The number of nitrogens with one attached hydrogen (secondary N) is 1. The van der Waals surface area contributed by atoms with E-state index in [9.17, 15) is 18.4 Å². The number of nitriles is 2. The Morgan fingerprint density at radius 2 is 1.76 bits per heavy atom. The fourth-order valence-electron chi connectivity index (χ4n) is 2.15. The van der Waals surface area contributed by atoms with Crippen LogP contribution in [-0.2, 0) is 0 Å². The van der Waals surface area contributed by atoms with Gasteiger partial charge in [-0.2, -0.15) is 10.5 Å². The van der Waals surface area contributed by atoms with Gasteiger partial charge in [0.1, 0.15) is 17.8 Å². The first-order chi connectivity index (χ1) is 9.97. The fourth-order valence-corrected chi connectivity index (χ4v) is 2.15. The summed E-state index contributed by atoms with van der Waals surface area (Å²) in [5.74, 6) is -5.87. The van der Waals surface area contributed by atoms with Crippen molar-refractivity contribution in [2.75, 3.05) is 5.32 Å². The van der Waals surface area contributed by atoms with Crippen LogP contribution >= 0.6 is 0 Å². The van der Waals surface area contributed by atoms with Gasteiger partial charge in [0.25, 0.3) is 0 Å². The van der Waals surface area contributed by atoms with E-state index in [0.29, 0.717) is 0 Å². The van der Waals surface area contributed by atoms with Gasteiger partial charge in [0.2, 0.25) is 5.54 Å². The van der Waals surface area contributed by atoms with Crippen molar-refractivity contribution >= 4 is 5.69 Å². The molecule has 1 N–H and O–H groups in total. The van der Waals surface area contributed by atoms with Gasteiger partial charge >= 0.3 is 0 Å². The third-order valence-corrected chi connectivity index (χ3v) is 3.33. The summed E-state index contributed by atoms with van der Waals surface area (Å²) in [7, 11) is 0. The maximum absolute atomic E-state index is 14.3. The van der Waals surface area contributed by atoms with Crippen LogP contribution in [0.2, 0.25) is 0 Å². The van der Waals surface area contributed by atoms with Crippen LogP contribution in [0, 0.1) is 28.6 Å². The van der Waals surface area contributed by atoms with Gasteiger partial charge in [-0.05, 0) is 19.1 Å². The largest absolute Gasteiger partial charge is 0.360 e. The highest BCUT2D eigenvalue weighted by Gasteiger charge is 2.52. The Kier molecular flexibility index (Phi) is 3.73. The van der Waals surface area contributed by atoms with Crippen molar-refractivity contribution in [1.82, 2.24) is 0 Å². The van der Waals surface area contributed by atoms with Crippen molar-refractivity contribution in [1.29, 1.82) is 10.5 Å². The lowest BCUT2D eigenvalue weighted by molar-refractivity contribution is 0.355. The van der Waals surface area contributed by atoms with Crippen molar-refractivity contribution in [3.05, 3.63) is 53.4 Å². The van der Waals surface area contributed by atoms with E-state index in [2.05, 4.69) is 5.32 Å². The van der Waals surface area contributed by atoms with Gasteiger partial charge in [0.05, 0.1) is 6.07 Å². The lowest BCUT2D eigenvalue weighted by atomic mass is 9.78. The van der Waals surface area contributed by atoms with Crippen molar-refractivity contribution in [3.8, 4) is 12.1 Å². The second-order valence-corrected chi connectivity index (χ2v) is 4.57. The number of nitrogens with zero attached hydrogens (tertiary/aromatic N) is 2. The van der Waals surface area contributed by atoms with E-state index in [1.807, 2.05) is 0 Å². The molecule has 1 aromatic rings. The number of allylic oxidation sites excluding steroid dienone is 2. The minimum atomic E-state index is -2.43. The van der Waals surface area contributed by atoms with Gasteiger partial charge in [-0.25, -0.2) is 13.2 Å². The summed E-state index contributed by atoms with van der Waals surface area (Å²) in [5, 5.41) is 20.8. The molecule has 2 rings (SSSR count). The lowest BCUT2D eigenvalue weighted by Gasteiger charge is -2.34. The fraction of sp³-hybridized carbons (Fsp3) is 0.200. The van der Waals surface area contributed by atoms with Gasteiger partial charge in [-0.15, -0.1) is 0 Å². The van der Waals surface area contributed by atoms with Crippen molar-refractivity contribution in [2.45, 2.75) is 12.5 Å². The molecule has 0 heterocycles. The zero-order chi connectivity index (χ0) is 15.6. The highest BCUT2D eigenvalue weighted by atomic mass is 19.2. The van der Waals surface area contributed by atoms with Crippen LogP contribution in [-0.4, -0.2) is 5.54 Å². The average Bonchev–Trinajstić information content (AvgIpc) is 2.52. The van der Waals surface area contributed by atoms with Gasteiger partial charge < -0.3 is 5.32 Å². The third-order valence-electron chi connectivity index (χ3n) is 3.33. The second kappa shape index (κ2) is 5.34. The molecule has 2 unspecified atom stereocenters. The molecule has 0 spiro atoms. The molecule has 21 heavy (non-hydrogen) atoms.